The van der Waals surface area contributed by atoms with Gasteiger partial charge in [0.15, 0.2) is 14.9 Å². The maximum Gasteiger partial charge on any atom is 0.322 e. The van der Waals surface area contributed by atoms with Gasteiger partial charge in [0.05, 0.1) is 11.9 Å². The van der Waals surface area contributed by atoms with Crippen molar-refractivity contribution in [1.82, 2.24) is 9.88 Å². The number of anilines is 1. The molecular formula is C19H23N3O3S. The highest BCUT2D eigenvalue weighted by molar-refractivity contribution is 7.90. The van der Waals surface area contributed by atoms with E-state index in [2.05, 4.69) is 41.5 Å². The highest BCUT2D eigenvalue weighted by atomic mass is 32.2. The second-order valence-corrected chi connectivity index (χ2v) is 8.89. The molecule has 1 aliphatic heterocycles. The van der Waals surface area contributed by atoms with Gasteiger partial charge in [0.2, 0.25) is 0 Å². The van der Waals surface area contributed by atoms with Gasteiger partial charge in [0.25, 0.3) is 0 Å². The third kappa shape index (κ3) is 4.04. The molecule has 2 atom stereocenters. The van der Waals surface area contributed by atoms with Crippen molar-refractivity contribution < 1.29 is 13.2 Å². The minimum atomic E-state index is -3.35. The van der Waals surface area contributed by atoms with Crippen molar-refractivity contribution in [1.29, 1.82) is 0 Å². The molecule has 1 saturated heterocycles. The molecule has 0 saturated carbocycles. The van der Waals surface area contributed by atoms with Gasteiger partial charge < -0.3 is 10.2 Å². The maximum atomic E-state index is 12.6. The Morgan fingerprint density at radius 2 is 1.88 bits per heavy atom. The summed E-state index contributed by atoms with van der Waals surface area (Å²) in [4.78, 5) is 18.3. The first-order valence-electron chi connectivity index (χ1n) is 8.54. The van der Waals surface area contributed by atoms with Crippen LogP contribution in [0.25, 0.3) is 0 Å². The third-order valence-electron chi connectivity index (χ3n) is 4.75. The van der Waals surface area contributed by atoms with Crippen LogP contribution in [0.5, 0.6) is 0 Å². The van der Waals surface area contributed by atoms with Crippen molar-refractivity contribution in [3.63, 3.8) is 0 Å². The van der Waals surface area contributed by atoms with Gasteiger partial charge in [-0.05, 0) is 38.0 Å². The number of carbonyl (C=O) groups is 1. The number of pyridine rings is 1. The second kappa shape index (κ2) is 7.07. The summed E-state index contributed by atoms with van der Waals surface area (Å²) in [6.07, 6.45) is 3.39. The molecule has 0 bridgehead atoms. The lowest BCUT2D eigenvalue weighted by Gasteiger charge is -2.22. The molecule has 1 fully saturated rings. The molecule has 26 heavy (non-hydrogen) atoms. The van der Waals surface area contributed by atoms with Crippen molar-refractivity contribution in [2.24, 2.45) is 0 Å². The van der Waals surface area contributed by atoms with Gasteiger partial charge in [-0.2, -0.15) is 0 Å². The number of hydrogen-bond donors (Lipinski definition) is 1. The average molecular weight is 373 g/mol. The van der Waals surface area contributed by atoms with Crippen LogP contribution in [0.15, 0.2) is 47.6 Å². The zero-order valence-corrected chi connectivity index (χ0v) is 16.0. The van der Waals surface area contributed by atoms with Gasteiger partial charge >= 0.3 is 6.03 Å². The van der Waals surface area contributed by atoms with Gasteiger partial charge in [0, 0.05) is 24.8 Å². The summed E-state index contributed by atoms with van der Waals surface area (Å²) in [5, 5.41) is 2.79. The van der Waals surface area contributed by atoms with E-state index in [1.54, 1.807) is 6.07 Å². The van der Waals surface area contributed by atoms with Crippen LogP contribution in [0.4, 0.5) is 10.5 Å². The fourth-order valence-corrected chi connectivity index (χ4v) is 3.82. The first kappa shape index (κ1) is 18.4. The molecular weight excluding hydrogens is 350 g/mol. The summed E-state index contributed by atoms with van der Waals surface area (Å²) in [7, 11) is -3.35. The summed E-state index contributed by atoms with van der Waals surface area (Å²) >= 11 is 0. The molecule has 1 aliphatic rings. The van der Waals surface area contributed by atoms with Gasteiger partial charge in [0.1, 0.15) is 0 Å². The molecule has 2 aromatic rings. The zero-order valence-electron chi connectivity index (χ0n) is 15.1. The molecule has 138 valence electrons. The Morgan fingerprint density at radius 3 is 2.46 bits per heavy atom. The van der Waals surface area contributed by atoms with Crippen LogP contribution in [0.3, 0.4) is 0 Å². The highest BCUT2D eigenvalue weighted by Gasteiger charge is 2.33. The maximum absolute atomic E-state index is 12.6. The molecule has 1 aromatic carbocycles. The standard InChI is InChI=1S/C19H23N3O3S/c1-13-4-6-15(7-5-13)16-10-14(2)22(12-16)19(23)21-17-8-9-18(20-11-17)26(3,24)25/h4-9,11,14,16H,10,12H2,1-3H3,(H,21,23). The van der Waals surface area contributed by atoms with Crippen LogP contribution in [0.2, 0.25) is 0 Å². The largest absolute Gasteiger partial charge is 0.322 e. The SMILES string of the molecule is Cc1ccc(C2CC(C)N(C(=O)Nc3ccc(S(C)(=O)=O)nc3)C2)cc1. The van der Waals surface area contributed by atoms with Crippen molar-refractivity contribution in [3.8, 4) is 0 Å². The van der Waals surface area contributed by atoms with Crippen LogP contribution in [0, 0.1) is 6.92 Å². The summed E-state index contributed by atoms with van der Waals surface area (Å²) in [5.41, 5.74) is 2.95. The van der Waals surface area contributed by atoms with Crippen molar-refractivity contribution in [2.75, 3.05) is 18.1 Å². The van der Waals surface area contributed by atoms with Crippen LogP contribution < -0.4 is 5.32 Å². The number of nitrogens with one attached hydrogen (secondary N) is 1. The number of urea groups is 1. The number of benzene rings is 1. The summed E-state index contributed by atoms with van der Waals surface area (Å²) in [6.45, 7) is 4.76. The van der Waals surface area contributed by atoms with E-state index in [0.29, 0.717) is 18.2 Å². The molecule has 1 N–H and O–H groups in total. The fraction of sp³-hybridized carbons (Fsp3) is 0.368. The van der Waals surface area contributed by atoms with Crippen LogP contribution in [0.1, 0.15) is 30.4 Å². The number of carbonyl (C=O) groups excluding carboxylic acids is 1. The normalized spacial score (nSPS) is 20.2. The number of nitrogens with zero attached hydrogens (tertiary/aromatic N) is 2. The quantitative estimate of drug-likeness (QED) is 0.896. The lowest BCUT2D eigenvalue weighted by Crippen LogP contribution is -2.37. The smallest absolute Gasteiger partial charge is 0.321 e. The van der Waals surface area contributed by atoms with Gasteiger partial charge in [-0.3, -0.25) is 0 Å². The van der Waals surface area contributed by atoms with Crippen molar-refractivity contribution in [3.05, 3.63) is 53.7 Å². The van der Waals surface area contributed by atoms with Crippen molar-refractivity contribution in [2.45, 2.75) is 37.3 Å². The Morgan fingerprint density at radius 1 is 1.19 bits per heavy atom. The Hall–Kier alpha value is -2.41. The van der Waals surface area contributed by atoms with Crippen LogP contribution in [-0.4, -0.2) is 43.2 Å². The van der Waals surface area contributed by atoms with E-state index in [1.807, 2.05) is 11.8 Å². The predicted octanol–water partition coefficient (Wildman–Crippen LogP) is 3.20. The molecule has 0 spiro atoms. The molecule has 2 amide bonds. The first-order chi connectivity index (χ1) is 12.2. The molecule has 2 unspecified atom stereocenters. The lowest BCUT2D eigenvalue weighted by molar-refractivity contribution is 0.209. The third-order valence-corrected chi connectivity index (χ3v) is 5.75. The van der Waals surface area contributed by atoms with E-state index >= 15 is 0 Å². The number of aromatic nitrogens is 1. The van der Waals surface area contributed by atoms with E-state index in [0.717, 1.165) is 12.7 Å². The second-order valence-electron chi connectivity index (χ2n) is 6.93. The van der Waals surface area contributed by atoms with E-state index in [1.165, 1.54) is 23.4 Å². The van der Waals surface area contributed by atoms with E-state index in [-0.39, 0.29) is 17.1 Å². The highest BCUT2D eigenvalue weighted by Crippen LogP contribution is 2.32. The predicted molar refractivity (Wildman–Crippen MR) is 101 cm³/mol. The number of amides is 2. The number of sulfone groups is 1. The molecule has 7 heteroatoms. The number of hydrogen-bond acceptors (Lipinski definition) is 4. The Labute approximate surface area is 154 Å². The van der Waals surface area contributed by atoms with Crippen LogP contribution >= 0.6 is 0 Å². The first-order valence-corrected chi connectivity index (χ1v) is 10.4. The van der Waals surface area contributed by atoms with Crippen molar-refractivity contribution >= 4 is 21.6 Å². The number of aryl methyl sites for hydroxylation is 1. The van der Waals surface area contributed by atoms with E-state index in [4.69, 9.17) is 0 Å². The summed E-state index contributed by atoms with van der Waals surface area (Å²) < 4.78 is 22.9. The molecule has 1 aromatic heterocycles. The van der Waals surface area contributed by atoms with E-state index < -0.39 is 9.84 Å². The summed E-state index contributed by atoms with van der Waals surface area (Å²) in [6, 6.07) is 11.3. The van der Waals surface area contributed by atoms with Crippen LogP contribution in [-0.2, 0) is 9.84 Å². The number of likely N-dealkylation sites (tertiary alicyclic amines) is 1. The monoisotopic (exact) mass is 373 g/mol. The lowest BCUT2D eigenvalue weighted by atomic mass is 9.96. The topological polar surface area (TPSA) is 79.4 Å². The Kier molecular flexibility index (Phi) is 5.00. The molecule has 0 aliphatic carbocycles. The zero-order chi connectivity index (χ0) is 18.9. The molecule has 2 heterocycles. The van der Waals surface area contributed by atoms with Gasteiger partial charge in [-0.15, -0.1) is 0 Å². The van der Waals surface area contributed by atoms with E-state index in [9.17, 15) is 13.2 Å². The number of rotatable bonds is 3. The minimum absolute atomic E-state index is 0.00975. The Balaban J connectivity index is 1.67. The van der Waals surface area contributed by atoms with Gasteiger partial charge in [-0.25, -0.2) is 18.2 Å². The fourth-order valence-electron chi connectivity index (χ4n) is 3.26. The molecule has 0 radical (unpaired) electrons. The molecule has 6 nitrogen and oxygen atoms in total. The molecule has 3 rings (SSSR count). The minimum Gasteiger partial charge on any atom is -0.321 e. The van der Waals surface area contributed by atoms with Gasteiger partial charge in [-0.1, -0.05) is 29.8 Å². The average Bonchev–Trinajstić information content (AvgIpc) is 2.97. The Bertz CT molecular complexity index is 893. The summed E-state index contributed by atoms with van der Waals surface area (Å²) in [5.74, 6) is 0.321.